The van der Waals surface area contributed by atoms with Gasteiger partial charge in [-0.05, 0) is 12.1 Å². The number of hydrogen-bond acceptors (Lipinski definition) is 2. The third kappa shape index (κ3) is 0.990. The van der Waals surface area contributed by atoms with Crippen molar-refractivity contribution in [2.24, 2.45) is 0 Å². The lowest BCUT2D eigenvalue weighted by Crippen LogP contribution is -1.89. The van der Waals surface area contributed by atoms with Gasteiger partial charge in [-0.15, -0.1) is 0 Å². The Balaban J connectivity index is 2.91. The average Bonchev–Trinajstić information content (AvgIpc) is 2.50. The second-order valence-corrected chi connectivity index (χ2v) is 3.24. The van der Waals surface area contributed by atoms with Crippen molar-refractivity contribution < 1.29 is 0 Å². The molecule has 0 aliphatic carbocycles. The molecular weight excluding hydrogens is 218 g/mol. The van der Waals surface area contributed by atoms with Gasteiger partial charge in [0.05, 0.1) is 0 Å². The lowest BCUT2D eigenvalue weighted by Gasteiger charge is -1.96. The Hall–Kier alpha value is -1.34. The van der Waals surface area contributed by atoms with Crippen molar-refractivity contribution in [3.8, 4) is 6.07 Å². The number of aromatic nitrogens is 2. The maximum atomic E-state index is 8.76. The summed E-state index contributed by atoms with van der Waals surface area (Å²) in [6.07, 6.45) is 3.43. The quantitative estimate of drug-likeness (QED) is 0.683. The van der Waals surface area contributed by atoms with Crippen LogP contribution in [-0.4, -0.2) is 9.38 Å². The molecule has 58 valence electrons. The Labute approximate surface area is 77.4 Å². The first-order chi connectivity index (χ1) is 5.81. The van der Waals surface area contributed by atoms with Gasteiger partial charge in [-0.2, -0.15) is 5.26 Å². The van der Waals surface area contributed by atoms with Gasteiger partial charge < -0.3 is 0 Å². The summed E-state index contributed by atoms with van der Waals surface area (Å²) in [6.45, 7) is 0. The van der Waals surface area contributed by atoms with Gasteiger partial charge in [0, 0.05) is 16.9 Å². The van der Waals surface area contributed by atoms with Gasteiger partial charge in [0.1, 0.15) is 17.4 Å². The van der Waals surface area contributed by atoms with E-state index in [9.17, 15) is 0 Å². The molecule has 0 fully saturated rings. The molecule has 2 heterocycles. The van der Waals surface area contributed by atoms with Crippen LogP contribution >= 0.6 is 15.9 Å². The first-order valence-electron chi connectivity index (χ1n) is 3.34. The molecule has 0 radical (unpaired) electrons. The van der Waals surface area contributed by atoms with E-state index in [0.29, 0.717) is 5.69 Å². The first kappa shape index (κ1) is 7.32. The van der Waals surface area contributed by atoms with Gasteiger partial charge in [-0.1, -0.05) is 15.9 Å². The standard InChI is InChI=1S/C8H4BrN3/c9-6-3-7(5-10)12-2-1-11-8(12)4-6/h1-4H. The van der Waals surface area contributed by atoms with Crippen LogP contribution in [0, 0.1) is 11.3 Å². The summed E-state index contributed by atoms with van der Waals surface area (Å²) < 4.78 is 2.61. The minimum absolute atomic E-state index is 0.580. The highest BCUT2D eigenvalue weighted by Gasteiger charge is 2.00. The van der Waals surface area contributed by atoms with Gasteiger partial charge in [0.2, 0.25) is 0 Å². The number of nitriles is 1. The van der Waals surface area contributed by atoms with E-state index >= 15 is 0 Å². The molecule has 0 N–H and O–H groups in total. The van der Waals surface area contributed by atoms with Crippen LogP contribution in [0.2, 0.25) is 0 Å². The van der Waals surface area contributed by atoms with Crippen molar-refractivity contribution in [1.29, 1.82) is 5.26 Å². The van der Waals surface area contributed by atoms with Crippen molar-refractivity contribution in [2.45, 2.75) is 0 Å². The molecule has 0 bridgehead atoms. The Morgan fingerprint density at radius 2 is 2.33 bits per heavy atom. The van der Waals surface area contributed by atoms with Crippen LogP contribution in [0.15, 0.2) is 29.0 Å². The van der Waals surface area contributed by atoms with E-state index in [2.05, 4.69) is 27.0 Å². The molecular formula is C8H4BrN3. The predicted molar refractivity (Wildman–Crippen MR) is 47.6 cm³/mol. The van der Waals surface area contributed by atoms with Gasteiger partial charge in [0.25, 0.3) is 0 Å². The number of fused-ring (bicyclic) bond motifs is 1. The van der Waals surface area contributed by atoms with E-state index < -0.39 is 0 Å². The second kappa shape index (κ2) is 2.61. The largest absolute Gasteiger partial charge is 0.291 e. The van der Waals surface area contributed by atoms with E-state index in [-0.39, 0.29) is 0 Å². The number of imidazole rings is 1. The zero-order valence-corrected chi connectivity index (χ0v) is 7.62. The molecule has 0 aliphatic rings. The van der Waals surface area contributed by atoms with E-state index in [1.165, 1.54) is 0 Å². The average molecular weight is 222 g/mol. The summed E-state index contributed by atoms with van der Waals surface area (Å²) in [7, 11) is 0. The van der Waals surface area contributed by atoms with E-state index in [1.807, 2.05) is 6.07 Å². The van der Waals surface area contributed by atoms with Crippen LogP contribution in [0.5, 0.6) is 0 Å². The highest BCUT2D eigenvalue weighted by molar-refractivity contribution is 9.10. The minimum Gasteiger partial charge on any atom is -0.291 e. The summed E-state index contributed by atoms with van der Waals surface area (Å²) in [5, 5.41) is 8.76. The summed E-state index contributed by atoms with van der Waals surface area (Å²) in [4.78, 5) is 4.07. The number of pyridine rings is 1. The number of halogens is 1. The fourth-order valence-corrected chi connectivity index (χ4v) is 1.50. The van der Waals surface area contributed by atoms with Crippen LogP contribution in [0.3, 0.4) is 0 Å². The Morgan fingerprint density at radius 1 is 1.50 bits per heavy atom. The summed E-state index contributed by atoms with van der Waals surface area (Å²) >= 11 is 3.30. The molecule has 0 amide bonds. The van der Waals surface area contributed by atoms with Crippen LogP contribution in [0.4, 0.5) is 0 Å². The molecule has 0 spiro atoms. The first-order valence-corrected chi connectivity index (χ1v) is 4.13. The molecule has 4 heteroatoms. The van der Waals surface area contributed by atoms with Crippen molar-refractivity contribution in [3.63, 3.8) is 0 Å². The second-order valence-electron chi connectivity index (χ2n) is 2.33. The Morgan fingerprint density at radius 3 is 3.08 bits per heavy atom. The zero-order chi connectivity index (χ0) is 8.55. The lowest BCUT2D eigenvalue weighted by molar-refractivity contribution is 1.14. The maximum absolute atomic E-state index is 8.76. The highest BCUT2D eigenvalue weighted by atomic mass is 79.9. The summed E-state index contributed by atoms with van der Waals surface area (Å²) in [5.41, 5.74) is 1.36. The molecule has 0 saturated carbocycles. The monoisotopic (exact) mass is 221 g/mol. The van der Waals surface area contributed by atoms with Crippen molar-refractivity contribution in [1.82, 2.24) is 9.38 Å². The van der Waals surface area contributed by atoms with E-state index in [4.69, 9.17) is 5.26 Å². The molecule has 0 saturated heterocycles. The zero-order valence-electron chi connectivity index (χ0n) is 6.03. The molecule has 2 rings (SSSR count). The van der Waals surface area contributed by atoms with Crippen molar-refractivity contribution >= 4 is 21.6 Å². The highest BCUT2D eigenvalue weighted by Crippen LogP contribution is 2.14. The third-order valence-electron chi connectivity index (χ3n) is 1.59. The molecule has 0 unspecified atom stereocenters. The van der Waals surface area contributed by atoms with E-state index in [0.717, 1.165) is 10.1 Å². The van der Waals surface area contributed by atoms with Crippen LogP contribution < -0.4 is 0 Å². The number of hydrogen-bond donors (Lipinski definition) is 0. The topological polar surface area (TPSA) is 41.1 Å². The van der Waals surface area contributed by atoms with Crippen LogP contribution in [0.1, 0.15) is 5.69 Å². The molecule has 0 aliphatic heterocycles. The number of rotatable bonds is 0. The molecule has 12 heavy (non-hydrogen) atoms. The molecule has 2 aromatic heterocycles. The SMILES string of the molecule is N#Cc1cc(Br)cc2nccn12. The fraction of sp³-hybridized carbons (Fsp3) is 0. The van der Waals surface area contributed by atoms with Gasteiger partial charge >= 0.3 is 0 Å². The molecule has 0 aromatic carbocycles. The molecule has 3 nitrogen and oxygen atoms in total. The molecule has 0 atom stereocenters. The van der Waals surface area contributed by atoms with Gasteiger partial charge in [0.15, 0.2) is 0 Å². The lowest BCUT2D eigenvalue weighted by atomic mass is 10.3. The van der Waals surface area contributed by atoms with Gasteiger partial charge in [-0.3, -0.25) is 4.40 Å². The Kier molecular flexibility index (Phi) is 1.59. The number of nitrogens with zero attached hydrogens (tertiary/aromatic N) is 3. The maximum Gasteiger partial charge on any atom is 0.138 e. The fourth-order valence-electron chi connectivity index (χ4n) is 1.08. The summed E-state index contributed by atoms with van der Waals surface area (Å²) in [5.74, 6) is 0. The minimum atomic E-state index is 0.580. The van der Waals surface area contributed by atoms with Crippen molar-refractivity contribution in [2.75, 3.05) is 0 Å². The Bertz CT molecular complexity index is 467. The summed E-state index contributed by atoms with van der Waals surface area (Å²) in [6, 6.07) is 5.71. The van der Waals surface area contributed by atoms with Crippen LogP contribution in [0.25, 0.3) is 5.65 Å². The van der Waals surface area contributed by atoms with E-state index in [1.54, 1.807) is 22.9 Å². The normalized spacial score (nSPS) is 10.0. The van der Waals surface area contributed by atoms with Crippen molar-refractivity contribution in [3.05, 3.63) is 34.7 Å². The third-order valence-corrected chi connectivity index (χ3v) is 2.04. The van der Waals surface area contributed by atoms with Gasteiger partial charge in [-0.25, -0.2) is 4.98 Å². The smallest absolute Gasteiger partial charge is 0.138 e. The predicted octanol–water partition coefficient (Wildman–Crippen LogP) is 1.97. The van der Waals surface area contributed by atoms with Crippen LogP contribution in [-0.2, 0) is 0 Å². The molecule has 2 aromatic rings.